The van der Waals surface area contributed by atoms with E-state index in [-0.39, 0.29) is 6.04 Å². The lowest BCUT2D eigenvalue weighted by Crippen LogP contribution is -2.08. The van der Waals surface area contributed by atoms with Crippen LogP contribution in [-0.4, -0.2) is 35.4 Å². The van der Waals surface area contributed by atoms with Gasteiger partial charge in [0.05, 0.1) is 16.4 Å². The first kappa shape index (κ1) is 11.1. The van der Waals surface area contributed by atoms with E-state index >= 15 is 0 Å². The average Bonchev–Trinajstić information content (AvgIpc) is 3.00. The molecule has 0 aliphatic heterocycles. The number of aryl methyl sites for hydroxylation is 2. The number of fused-ring (bicyclic) bond motifs is 1. The highest BCUT2D eigenvalue weighted by Crippen LogP contribution is 2.29. The lowest BCUT2D eigenvalue weighted by Gasteiger charge is -2.07. The number of rotatable bonds is 3. The molecule has 0 amide bonds. The number of hydrogen-bond acceptors (Lipinski definition) is 7. The molecule has 3 rings (SSSR count). The fourth-order valence-corrected chi connectivity index (χ4v) is 2.77. The summed E-state index contributed by atoms with van der Waals surface area (Å²) in [6, 6.07) is -0.0439. The minimum atomic E-state index is -0.0439. The maximum atomic E-state index is 4.50. The summed E-state index contributed by atoms with van der Waals surface area (Å²) in [5.74, 6) is 0.615. The summed E-state index contributed by atoms with van der Waals surface area (Å²) in [6.45, 7) is 3.94. The van der Waals surface area contributed by atoms with Crippen LogP contribution in [0.3, 0.4) is 0 Å². The van der Waals surface area contributed by atoms with Gasteiger partial charge in [0.15, 0.2) is 16.6 Å². The normalized spacial score (nSPS) is 13.1. The molecule has 0 aliphatic carbocycles. The molecule has 18 heavy (non-hydrogen) atoms. The number of hydrogen-bond donors (Lipinski definition) is 2. The molecule has 9 heteroatoms. The van der Waals surface area contributed by atoms with Crippen molar-refractivity contribution in [2.24, 2.45) is 7.05 Å². The van der Waals surface area contributed by atoms with Crippen molar-refractivity contribution >= 4 is 26.8 Å². The van der Waals surface area contributed by atoms with Crippen molar-refractivity contribution in [2.75, 3.05) is 5.32 Å². The van der Waals surface area contributed by atoms with Crippen molar-refractivity contribution < 1.29 is 0 Å². The van der Waals surface area contributed by atoms with Gasteiger partial charge in [0.2, 0.25) is 0 Å². The lowest BCUT2D eigenvalue weighted by atomic mass is 10.3. The van der Waals surface area contributed by atoms with E-state index < -0.39 is 0 Å². The van der Waals surface area contributed by atoms with Gasteiger partial charge in [-0.2, -0.15) is 10.3 Å². The van der Waals surface area contributed by atoms with E-state index in [1.165, 1.54) is 0 Å². The van der Waals surface area contributed by atoms with Crippen LogP contribution in [0.4, 0.5) is 5.13 Å². The summed E-state index contributed by atoms with van der Waals surface area (Å²) >= 11 is 1.58. The number of aromatic amines is 1. The van der Waals surface area contributed by atoms with E-state index in [4.69, 9.17) is 0 Å². The summed E-state index contributed by atoms with van der Waals surface area (Å²) in [6.07, 6.45) is 0. The Balaban J connectivity index is 1.89. The molecule has 0 aromatic carbocycles. The summed E-state index contributed by atoms with van der Waals surface area (Å²) in [4.78, 5) is 4.50. The molecule has 3 aromatic rings. The average molecular weight is 264 g/mol. The van der Waals surface area contributed by atoms with Crippen molar-refractivity contribution in [3.8, 4) is 0 Å². The zero-order valence-electron chi connectivity index (χ0n) is 10.2. The monoisotopic (exact) mass is 264 g/mol. The number of nitrogens with one attached hydrogen (secondary N) is 2. The fraction of sp³-hybridized carbons (Fsp3) is 0.444. The molecule has 3 heterocycles. The molecular formula is C9H12N8S. The predicted octanol–water partition coefficient (Wildman–Crippen LogP) is 1.02. The van der Waals surface area contributed by atoms with Crippen LogP contribution in [0.25, 0.3) is 10.3 Å². The number of anilines is 1. The highest BCUT2D eigenvalue weighted by molar-refractivity contribution is 7.22. The minimum Gasteiger partial charge on any atom is -0.352 e. The molecule has 0 aliphatic rings. The Hall–Kier alpha value is -2.03. The van der Waals surface area contributed by atoms with Gasteiger partial charge in [-0.05, 0) is 13.8 Å². The Morgan fingerprint density at radius 2 is 2.28 bits per heavy atom. The van der Waals surface area contributed by atoms with Crippen LogP contribution in [0.2, 0.25) is 0 Å². The fourth-order valence-electron chi connectivity index (χ4n) is 1.75. The summed E-state index contributed by atoms with van der Waals surface area (Å²) in [5.41, 5.74) is 1.88. The molecule has 0 fully saturated rings. The van der Waals surface area contributed by atoms with Crippen molar-refractivity contribution in [2.45, 2.75) is 19.9 Å². The van der Waals surface area contributed by atoms with Gasteiger partial charge >= 0.3 is 0 Å². The first-order valence-electron chi connectivity index (χ1n) is 5.45. The van der Waals surface area contributed by atoms with Crippen molar-refractivity contribution in [3.05, 3.63) is 11.5 Å². The van der Waals surface area contributed by atoms with Gasteiger partial charge in [-0.3, -0.25) is 0 Å². The van der Waals surface area contributed by atoms with E-state index in [2.05, 4.69) is 36.0 Å². The van der Waals surface area contributed by atoms with E-state index in [9.17, 15) is 0 Å². The number of thiazole rings is 1. The standard InChI is InChI=1S/C9H12N8S/c1-4-6-8(17(3)14-4)11-9(18-6)10-5(2)7-12-15-16-13-7/h5H,1-3H3,(H,10,11)(H,12,13,15,16). The van der Waals surface area contributed by atoms with E-state index in [1.807, 2.05) is 20.9 Å². The number of nitrogens with zero attached hydrogens (tertiary/aromatic N) is 6. The summed E-state index contributed by atoms with van der Waals surface area (Å²) in [7, 11) is 1.89. The van der Waals surface area contributed by atoms with Gasteiger partial charge in [0.25, 0.3) is 0 Å². The molecule has 0 radical (unpaired) electrons. The molecule has 2 N–H and O–H groups in total. The molecule has 0 saturated carbocycles. The van der Waals surface area contributed by atoms with E-state index in [0.29, 0.717) is 5.82 Å². The van der Waals surface area contributed by atoms with Crippen molar-refractivity contribution in [3.63, 3.8) is 0 Å². The molecule has 1 atom stereocenters. The third-order valence-electron chi connectivity index (χ3n) is 2.63. The van der Waals surface area contributed by atoms with Gasteiger partial charge in [0, 0.05) is 7.05 Å². The quantitative estimate of drug-likeness (QED) is 0.733. The van der Waals surface area contributed by atoms with Gasteiger partial charge in [-0.15, -0.1) is 10.2 Å². The zero-order valence-corrected chi connectivity index (χ0v) is 11.0. The molecule has 8 nitrogen and oxygen atoms in total. The molecule has 1 unspecified atom stereocenters. The van der Waals surface area contributed by atoms with Crippen molar-refractivity contribution in [1.29, 1.82) is 0 Å². The maximum absolute atomic E-state index is 4.50. The second-order valence-electron chi connectivity index (χ2n) is 4.02. The van der Waals surface area contributed by atoms with Gasteiger partial charge < -0.3 is 5.32 Å². The Labute approximate surface area is 106 Å². The van der Waals surface area contributed by atoms with Crippen LogP contribution in [0.15, 0.2) is 0 Å². The van der Waals surface area contributed by atoms with Crippen LogP contribution < -0.4 is 5.32 Å². The first-order chi connectivity index (χ1) is 8.65. The number of aromatic nitrogens is 7. The topological polar surface area (TPSA) is 97.2 Å². The second kappa shape index (κ2) is 4.02. The summed E-state index contributed by atoms with van der Waals surface area (Å²) in [5, 5.41) is 22.3. The van der Waals surface area contributed by atoms with Crippen LogP contribution in [0.5, 0.6) is 0 Å². The molecule has 0 spiro atoms. The predicted molar refractivity (Wildman–Crippen MR) is 67.3 cm³/mol. The van der Waals surface area contributed by atoms with Crippen molar-refractivity contribution in [1.82, 2.24) is 35.4 Å². The maximum Gasteiger partial charge on any atom is 0.196 e. The van der Waals surface area contributed by atoms with Gasteiger partial charge in [0.1, 0.15) is 0 Å². The van der Waals surface area contributed by atoms with Crippen LogP contribution in [-0.2, 0) is 7.05 Å². The third kappa shape index (κ3) is 1.72. The smallest absolute Gasteiger partial charge is 0.196 e. The summed E-state index contributed by atoms with van der Waals surface area (Å²) < 4.78 is 2.88. The molecule has 0 saturated heterocycles. The molecule has 3 aromatic heterocycles. The largest absolute Gasteiger partial charge is 0.352 e. The van der Waals surface area contributed by atoms with E-state index in [1.54, 1.807) is 16.0 Å². The molecule has 94 valence electrons. The molecule has 0 bridgehead atoms. The van der Waals surface area contributed by atoms with Crippen LogP contribution >= 0.6 is 11.3 Å². The number of H-pyrrole nitrogens is 1. The zero-order chi connectivity index (χ0) is 12.7. The Kier molecular flexibility index (Phi) is 2.47. The van der Waals surface area contributed by atoms with E-state index in [0.717, 1.165) is 21.2 Å². The number of tetrazole rings is 1. The molecular weight excluding hydrogens is 252 g/mol. The van der Waals surface area contributed by atoms with Crippen LogP contribution in [0.1, 0.15) is 24.5 Å². The first-order valence-corrected chi connectivity index (χ1v) is 6.27. The Morgan fingerprint density at radius 1 is 1.44 bits per heavy atom. The highest BCUT2D eigenvalue weighted by Gasteiger charge is 2.15. The van der Waals surface area contributed by atoms with Crippen LogP contribution in [0, 0.1) is 6.92 Å². The Bertz CT molecular complexity index is 632. The lowest BCUT2D eigenvalue weighted by molar-refractivity contribution is 0.770. The van der Waals surface area contributed by atoms with Gasteiger partial charge in [-0.25, -0.2) is 9.67 Å². The van der Waals surface area contributed by atoms with Gasteiger partial charge in [-0.1, -0.05) is 16.6 Å². The Morgan fingerprint density at radius 3 is 2.94 bits per heavy atom. The minimum absolute atomic E-state index is 0.0439. The third-order valence-corrected chi connectivity index (χ3v) is 3.72. The SMILES string of the molecule is Cc1nn(C)c2nc(NC(C)c3nn[nH]n3)sc12. The highest BCUT2D eigenvalue weighted by atomic mass is 32.1. The second-order valence-corrected chi connectivity index (χ2v) is 5.02.